The number of nitrogens with one attached hydrogen (secondary N) is 1. The molecule has 4 aromatic rings. The quantitative estimate of drug-likeness (QED) is 0.266. The minimum atomic E-state index is -0.217. The van der Waals surface area contributed by atoms with Gasteiger partial charge < -0.3 is 4.98 Å². The van der Waals surface area contributed by atoms with Gasteiger partial charge in [0.05, 0.1) is 16.0 Å². The molecule has 29 heavy (non-hydrogen) atoms. The number of aromatic amines is 1. The fraction of sp³-hybridized carbons (Fsp3) is 0.0870. The fourth-order valence-corrected chi connectivity index (χ4v) is 4.66. The molecule has 6 heteroatoms. The monoisotopic (exact) mass is 418 g/mol. The average molecular weight is 419 g/mol. The number of thiophene rings is 1. The molecule has 0 saturated heterocycles. The summed E-state index contributed by atoms with van der Waals surface area (Å²) in [5.41, 5.74) is 3.26. The van der Waals surface area contributed by atoms with Crippen LogP contribution in [0.3, 0.4) is 0 Å². The van der Waals surface area contributed by atoms with Crippen LogP contribution in [0.1, 0.15) is 26.4 Å². The van der Waals surface area contributed by atoms with Gasteiger partial charge in [-0.15, -0.1) is 11.3 Å². The number of aromatic nitrogens is 2. The molecule has 2 aromatic carbocycles. The Balaban J connectivity index is 1.79. The van der Waals surface area contributed by atoms with Crippen molar-refractivity contribution >= 4 is 45.6 Å². The van der Waals surface area contributed by atoms with Crippen LogP contribution in [0, 0.1) is 18.6 Å². The number of ketones is 1. The Morgan fingerprint density at radius 2 is 1.76 bits per heavy atom. The molecule has 4 rings (SSSR count). The van der Waals surface area contributed by atoms with Crippen LogP contribution < -0.4 is 5.56 Å². The first-order valence-corrected chi connectivity index (χ1v) is 10.3. The third kappa shape index (κ3) is 3.64. The van der Waals surface area contributed by atoms with Crippen LogP contribution in [0.5, 0.6) is 0 Å². The van der Waals surface area contributed by atoms with E-state index in [9.17, 15) is 9.59 Å². The average Bonchev–Trinajstić information content (AvgIpc) is 3.04. The van der Waals surface area contributed by atoms with Crippen LogP contribution in [-0.4, -0.2) is 15.3 Å². The number of fused-ring (bicyclic) bond motifs is 1. The SMILES string of the molecule is Cc1ccc(/C=C/C(=O)c2sc3[nH]c(=S)n(-c4ccccc4)c(=O)c3c2C)cc1. The van der Waals surface area contributed by atoms with Crippen molar-refractivity contribution in [2.24, 2.45) is 0 Å². The lowest BCUT2D eigenvalue weighted by molar-refractivity contribution is 0.105. The summed E-state index contributed by atoms with van der Waals surface area (Å²) >= 11 is 6.67. The highest BCUT2D eigenvalue weighted by Crippen LogP contribution is 2.28. The second kappa shape index (κ2) is 7.73. The Morgan fingerprint density at radius 3 is 2.45 bits per heavy atom. The molecular formula is C23H18N2O2S2. The van der Waals surface area contributed by atoms with Crippen molar-refractivity contribution in [2.45, 2.75) is 13.8 Å². The number of carbonyl (C=O) groups excluding carboxylic acids is 1. The minimum Gasteiger partial charge on any atom is -0.323 e. The number of para-hydroxylation sites is 1. The van der Waals surface area contributed by atoms with Gasteiger partial charge in [-0.3, -0.25) is 14.2 Å². The number of carbonyl (C=O) groups is 1. The van der Waals surface area contributed by atoms with E-state index in [4.69, 9.17) is 12.2 Å². The van der Waals surface area contributed by atoms with Crippen molar-refractivity contribution in [1.29, 1.82) is 0 Å². The number of hydrogen-bond acceptors (Lipinski definition) is 4. The molecule has 0 atom stereocenters. The minimum absolute atomic E-state index is 0.130. The van der Waals surface area contributed by atoms with E-state index in [-0.39, 0.29) is 11.3 Å². The zero-order valence-corrected chi connectivity index (χ0v) is 17.6. The van der Waals surface area contributed by atoms with Crippen LogP contribution in [0.25, 0.3) is 22.0 Å². The van der Waals surface area contributed by atoms with E-state index in [2.05, 4.69) is 4.98 Å². The number of benzene rings is 2. The first kappa shape index (κ1) is 19.2. The third-order valence-corrected chi connectivity index (χ3v) is 6.24. The van der Waals surface area contributed by atoms with E-state index in [0.717, 1.165) is 5.56 Å². The van der Waals surface area contributed by atoms with Gasteiger partial charge in [0.1, 0.15) is 4.83 Å². The highest BCUT2D eigenvalue weighted by Gasteiger charge is 2.18. The summed E-state index contributed by atoms with van der Waals surface area (Å²) in [4.78, 5) is 30.2. The number of rotatable bonds is 4. The standard InChI is InChI=1S/C23H18N2O2S2/c1-14-8-10-16(11-9-14)12-13-18(26)20-15(2)19-21(29-20)24-23(28)25(22(19)27)17-6-4-3-5-7-17/h3-13H,1-2H3,(H,24,28)/b13-12+. The van der Waals surface area contributed by atoms with Crippen LogP contribution in [0.15, 0.2) is 65.5 Å². The number of aryl methyl sites for hydroxylation is 2. The Kier molecular flexibility index (Phi) is 5.13. The highest BCUT2D eigenvalue weighted by molar-refractivity contribution is 7.71. The third-order valence-electron chi connectivity index (χ3n) is 4.73. The van der Waals surface area contributed by atoms with Gasteiger partial charge in [0.25, 0.3) is 5.56 Å². The van der Waals surface area contributed by atoms with Gasteiger partial charge in [-0.2, -0.15) is 0 Å². The van der Waals surface area contributed by atoms with E-state index in [1.807, 2.05) is 61.5 Å². The van der Waals surface area contributed by atoms with Crippen molar-refractivity contribution in [1.82, 2.24) is 9.55 Å². The first-order valence-electron chi connectivity index (χ1n) is 9.08. The molecule has 0 unspecified atom stereocenters. The van der Waals surface area contributed by atoms with E-state index < -0.39 is 0 Å². The van der Waals surface area contributed by atoms with Gasteiger partial charge in [0, 0.05) is 0 Å². The predicted octanol–water partition coefficient (Wildman–Crippen LogP) is 5.62. The number of hydrogen-bond donors (Lipinski definition) is 1. The molecule has 144 valence electrons. The molecule has 4 nitrogen and oxygen atoms in total. The van der Waals surface area contributed by atoms with Crippen molar-refractivity contribution < 1.29 is 4.79 Å². The molecule has 0 spiro atoms. The van der Waals surface area contributed by atoms with E-state index >= 15 is 0 Å². The molecule has 2 aromatic heterocycles. The van der Waals surface area contributed by atoms with Gasteiger partial charge in [-0.25, -0.2) is 0 Å². The predicted molar refractivity (Wildman–Crippen MR) is 122 cm³/mol. The van der Waals surface area contributed by atoms with E-state index in [1.165, 1.54) is 21.5 Å². The maximum Gasteiger partial charge on any atom is 0.267 e. The van der Waals surface area contributed by atoms with E-state index in [0.29, 0.717) is 31.1 Å². The lowest BCUT2D eigenvalue weighted by Gasteiger charge is -2.06. The molecule has 0 aliphatic rings. The lowest BCUT2D eigenvalue weighted by Crippen LogP contribution is -2.20. The summed E-state index contributed by atoms with van der Waals surface area (Å²) in [5, 5.41) is 0.500. The second-order valence-corrected chi connectivity index (χ2v) is 8.18. The van der Waals surface area contributed by atoms with Gasteiger partial charge >= 0.3 is 0 Å². The molecule has 0 radical (unpaired) electrons. The number of H-pyrrole nitrogens is 1. The Morgan fingerprint density at radius 1 is 1.07 bits per heavy atom. The summed E-state index contributed by atoms with van der Waals surface area (Å²) in [6.45, 7) is 3.82. The highest BCUT2D eigenvalue weighted by atomic mass is 32.1. The molecule has 0 saturated carbocycles. The molecule has 0 aliphatic heterocycles. The number of allylic oxidation sites excluding steroid dienone is 1. The maximum atomic E-state index is 13.2. The molecule has 1 N–H and O–H groups in total. The van der Waals surface area contributed by atoms with Crippen molar-refractivity contribution in [3.63, 3.8) is 0 Å². The molecule has 2 heterocycles. The summed E-state index contributed by atoms with van der Waals surface area (Å²) in [6.07, 6.45) is 3.34. The summed E-state index contributed by atoms with van der Waals surface area (Å²) < 4.78 is 1.78. The van der Waals surface area contributed by atoms with Crippen molar-refractivity contribution in [2.75, 3.05) is 0 Å². The molecule has 0 fully saturated rings. The molecule has 0 amide bonds. The molecule has 0 bridgehead atoms. The maximum absolute atomic E-state index is 13.2. The van der Waals surface area contributed by atoms with Crippen LogP contribution in [-0.2, 0) is 0 Å². The Bertz CT molecular complexity index is 1360. The lowest BCUT2D eigenvalue weighted by atomic mass is 10.1. The molecular weight excluding hydrogens is 400 g/mol. The van der Waals surface area contributed by atoms with Gasteiger partial charge in [0.15, 0.2) is 10.6 Å². The number of nitrogens with zero attached hydrogens (tertiary/aromatic N) is 1. The summed E-state index contributed by atoms with van der Waals surface area (Å²) in [6, 6.07) is 17.2. The fourth-order valence-electron chi connectivity index (χ4n) is 3.19. The van der Waals surface area contributed by atoms with Gasteiger partial charge in [-0.1, -0.05) is 54.1 Å². The smallest absolute Gasteiger partial charge is 0.267 e. The molecule has 0 aliphatic carbocycles. The summed E-state index contributed by atoms with van der Waals surface area (Å²) in [5.74, 6) is -0.130. The zero-order valence-electron chi connectivity index (χ0n) is 15.9. The normalized spacial score (nSPS) is 11.4. The van der Waals surface area contributed by atoms with Crippen LogP contribution >= 0.6 is 23.6 Å². The zero-order chi connectivity index (χ0) is 20.5. The van der Waals surface area contributed by atoms with Crippen LogP contribution in [0.2, 0.25) is 0 Å². The van der Waals surface area contributed by atoms with Gasteiger partial charge in [-0.05, 0) is 55.4 Å². The largest absolute Gasteiger partial charge is 0.323 e. The van der Waals surface area contributed by atoms with Crippen molar-refractivity contribution in [3.8, 4) is 5.69 Å². The first-order chi connectivity index (χ1) is 14.0. The van der Waals surface area contributed by atoms with E-state index in [1.54, 1.807) is 19.1 Å². The van der Waals surface area contributed by atoms with Gasteiger partial charge in [0.2, 0.25) is 0 Å². The Labute approximate surface area is 176 Å². The Hall–Kier alpha value is -3.09. The van der Waals surface area contributed by atoms with Crippen LogP contribution in [0.4, 0.5) is 0 Å². The topological polar surface area (TPSA) is 54.9 Å². The van der Waals surface area contributed by atoms with Crippen molar-refractivity contribution in [3.05, 3.63) is 97.4 Å². The second-order valence-electron chi connectivity index (χ2n) is 6.77. The summed E-state index contributed by atoms with van der Waals surface area (Å²) in [7, 11) is 0.